The summed E-state index contributed by atoms with van der Waals surface area (Å²) in [5.74, 6) is 1.34. The second kappa shape index (κ2) is 7.87. The summed E-state index contributed by atoms with van der Waals surface area (Å²) in [5.41, 5.74) is 0.672. The van der Waals surface area contributed by atoms with Gasteiger partial charge in [-0.25, -0.2) is 0 Å². The molecular formula is C15H18N2O5S. The Morgan fingerprint density at radius 3 is 2.39 bits per heavy atom. The highest BCUT2D eigenvalue weighted by molar-refractivity contribution is 7.99. The van der Waals surface area contributed by atoms with Crippen LogP contribution < -0.4 is 9.47 Å². The van der Waals surface area contributed by atoms with E-state index in [0.717, 1.165) is 11.8 Å². The van der Waals surface area contributed by atoms with Gasteiger partial charge in [-0.15, -0.1) is 10.2 Å². The molecule has 0 radical (unpaired) electrons. The van der Waals surface area contributed by atoms with Crippen LogP contribution in [0.1, 0.15) is 13.8 Å². The number of rotatable bonds is 7. The highest BCUT2D eigenvalue weighted by atomic mass is 32.2. The van der Waals surface area contributed by atoms with Crippen molar-refractivity contribution in [1.29, 1.82) is 0 Å². The van der Waals surface area contributed by atoms with Gasteiger partial charge in [-0.05, 0) is 26.0 Å². The zero-order valence-electron chi connectivity index (χ0n) is 13.4. The normalized spacial score (nSPS) is 10.7. The van der Waals surface area contributed by atoms with E-state index in [1.165, 1.54) is 0 Å². The number of esters is 1. The second-order valence-corrected chi connectivity index (χ2v) is 5.73. The van der Waals surface area contributed by atoms with E-state index in [1.54, 1.807) is 46.3 Å². The van der Waals surface area contributed by atoms with Crippen LogP contribution in [0.3, 0.4) is 0 Å². The molecule has 0 atom stereocenters. The molecule has 0 unspecified atom stereocenters. The molecule has 0 saturated carbocycles. The van der Waals surface area contributed by atoms with Crippen molar-refractivity contribution in [3.8, 4) is 23.0 Å². The largest absolute Gasteiger partial charge is 0.497 e. The molecular weight excluding hydrogens is 320 g/mol. The number of carbonyl (C=O) groups excluding carboxylic acids is 1. The maximum absolute atomic E-state index is 11.5. The molecule has 7 nitrogen and oxygen atoms in total. The Morgan fingerprint density at radius 2 is 1.83 bits per heavy atom. The van der Waals surface area contributed by atoms with E-state index in [0.29, 0.717) is 28.2 Å². The van der Waals surface area contributed by atoms with Crippen LogP contribution in [0, 0.1) is 0 Å². The van der Waals surface area contributed by atoms with Crippen molar-refractivity contribution in [2.24, 2.45) is 0 Å². The number of aromatic nitrogens is 2. The maximum Gasteiger partial charge on any atom is 0.316 e. The Balaban J connectivity index is 2.08. The van der Waals surface area contributed by atoms with Gasteiger partial charge in [-0.1, -0.05) is 11.8 Å². The summed E-state index contributed by atoms with van der Waals surface area (Å²) in [6.07, 6.45) is -0.148. The van der Waals surface area contributed by atoms with Crippen LogP contribution in [0.5, 0.6) is 11.5 Å². The second-order valence-electron chi connectivity index (χ2n) is 4.80. The zero-order valence-corrected chi connectivity index (χ0v) is 14.2. The highest BCUT2D eigenvalue weighted by Gasteiger charge is 2.14. The molecule has 1 aromatic carbocycles. The molecule has 1 heterocycles. The third-order valence-electron chi connectivity index (χ3n) is 2.69. The van der Waals surface area contributed by atoms with Gasteiger partial charge < -0.3 is 18.6 Å². The molecule has 0 aliphatic heterocycles. The Labute approximate surface area is 138 Å². The summed E-state index contributed by atoms with van der Waals surface area (Å²) in [4.78, 5) is 11.5. The van der Waals surface area contributed by atoms with Crippen molar-refractivity contribution in [3.63, 3.8) is 0 Å². The van der Waals surface area contributed by atoms with Gasteiger partial charge in [0.2, 0.25) is 5.89 Å². The summed E-state index contributed by atoms with van der Waals surface area (Å²) >= 11 is 1.13. The van der Waals surface area contributed by atoms with Crippen LogP contribution in [-0.4, -0.2) is 42.2 Å². The van der Waals surface area contributed by atoms with Crippen LogP contribution in [0.2, 0.25) is 0 Å². The van der Waals surface area contributed by atoms with E-state index in [9.17, 15) is 4.79 Å². The van der Waals surface area contributed by atoms with Gasteiger partial charge in [0, 0.05) is 11.6 Å². The topological polar surface area (TPSA) is 83.7 Å². The molecule has 1 aromatic heterocycles. The number of ether oxygens (including phenoxy) is 3. The Bertz CT molecular complexity index is 649. The minimum absolute atomic E-state index is 0.112. The van der Waals surface area contributed by atoms with Gasteiger partial charge >= 0.3 is 5.97 Å². The molecule has 23 heavy (non-hydrogen) atoms. The van der Waals surface area contributed by atoms with Crippen molar-refractivity contribution in [2.45, 2.75) is 25.2 Å². The minimum atomic E-state index is -0.326. The Hall–Kier alpha value is -2.22. The third-order valence-corrected chi connectivity index (χ3v) is 3.48. The van der Waals surface area contributed by atoms with Gasteiger partial charge in [0.15, 0.2) is 0 Å². The molecule has 0 amide bonds. The van der Waals surface area contributed by atoms with Gasteiger partial charge in [0.05, 0.1) is 20.3 Å². The lowest BCUT2D eigenvalue weighted by molar-refractivity contribution is -0.144. The van der Waals surface area contributed by atoms with Gasteiger partial charge in [0.1, 0.15) is 17.3 Å². The molecule has 0 saturated heterocycles. The summed E-state index contributed by atoms with van der Waals surface area (Å²) < 4.78 is 21.0. The third kappa shape index (κ3) is 4.88. The fourth-order valence-corrected chi connectivity index (χ4v) is 2.28. The first-order chi connectivity index (χ1) is 11.0. The number of hydrogen-bond acceptors (Lipinski definition) is 8. The van der Waals surface area contributed by atoms with E-state index in [4.69, 9.17) is 18.6 Å². The molecule has 0 aliphatic rings. The molecule has 0 fully saturated rings. The Morgan fingerprint density at radius 1 is 1.17 bits per heavy atom. The summed E-state index contributed by atoms with van der Waals surface area (Å²) in [7, 11) is 3.13. The minimum Gasteiger partial charge on any atom is -0.497 e. The molecule has 0 spiro atoms. The van der Waals surface area contributed by atoms with Gasteiger partial charge in [-0.2, -0.15) is 0 Å². The molecule has 0 N–H and O–H groups in total. The number of hydrogen-bond donors (Lipinski definition) is 0. The Kier molecular flexibility index (Phi) is 5.86. The summed E-state index contributed by atoms with van der Waals surface area (Å²) in [6, 6.07) is 5.27. The monoisotopic (exact) mass is 338 g/mol. The first kappa shape index (κ1) is 17.1. The van der Waals surface area contributed by atoms with Crippen LogP contribution in [0.15, 0.2) is 27.8 Å². The van der Waals surface area contributed by atoms with E-state index < -0.39 is 0 Å². The van der Waals surface area contributed by atoms with Crippen molar-refractivity contribution in [1.82, 2.24) is 10.2 Å². The molecule has 8 heteroatoms. The first-order valence-corrected chi connectivity index (χ1v) is 7.89. The average Bonchev–Trinajstić information content (AvgIpc) is 3.00. The van der Waals surface area contributed by atoms with Gasteiger partial charge in [-0.3, -0.25) is 4.79 Å². The van der Waals surface area contributed by atoms with E-state index in [2.05, 4.69) is 10.2 Å². The van der Waals surface area contributed by atoms with Crippen LogP contribution in [0.25, 0.3) is 11.5 Å². The van der Waals surface area contributed by atoms with Crippen LogP contribution >= 0.6 is 11.8 Å². The molecule has 124 valence electrons. The quantitative estimate of drug-likeness (QED) is 0.563. The van der Waals surface area contributed by atoms with E-state index in [-0.39, 0.29) is 17.8 Å². The number of methoxy groups -OCH3 is 2. The van der Waals surface area contributed by atoms with Gasteiger partial charge in [0.25, 0.3) is 5.22 Å². The van der Waals surface area contributed by atoms with Crippen LogP contribution in [-0.2, 0) is 9.53 Å². The molecule has 2 rings (SSSR count). The SMILES string of the molecule is COc1cc(OC)cc(-c2nnc(SCC(=O)OC(C)C)o2)c1. The lowest BCUT2D eigenvalue weighted by atomic mass is 10.2. The van der Waals surface area contributed by atoms with E-state index in [1.807, 2.05) is 0 Å². The zero-order chi connectivity index (χ0) is 16.8. The van der Waals surface area contributed by atoms with Crippen molar-refractivity contribution < 1.29 is 23.4 Å². The van der Waals surface area contributed by atoms with Crippen molar-refractivity contribution in [3.05, 3.63) is 18.2 Å². The average molecular weight is 338 g/mol. The first-order valence-electron chi connectivity index (χ1n) is 6.91. The summed E-state index contributed by atoms with van der Waals surface area (Å²) in [6.45, 7) is 3.59. The van der Waals surface area contributed by atoms with Crippen molar-refractivity contribution in [2.75, 3.05) is 20.0 Å². The predicted octanol–water partition coefficient (Wildman–Crippen LogP) is 2.80. The highest BCUT2D eigenvalue weighted by Crippen LogP contribution is 2.30. The number of nitrogens with zero attached hydrogens (tertiary/aromatic N) is 2. The number of benzene rings is 1. The van der Waals surface area contributed by atoms with Crippen molar-refractivity contribution >= 4 is 17.7 Å². The van der Waals surface area contributed by atoms with E-state index >= 15 is 0 Å². The fourth-order valence-electron chi connectivity index (χ4n) is 1.73. The lowest BCUT2D eigenvalue weighted by Crippen LogP contribution is -2.13. The number of thioether (sulfide) groups is 1. The van der Waals surface area contributed by atoms with Crippen LogP contribution in [0.4, 0.5) is 0 Å². The smallest absolute Gasteiger partial charge is 0.316 e. The lowest BCUT2D eigenvalue weighted by Gasteiger charge is -2.06. The fraction of sp³-hybridized carbons (Fsp3) is 0.400. The summed E-state index contributed by atoms with van der Waals surface area (Å²) in [5, 5.41) is 8.18. The molecule has 0 bridgehead atoms. The molecule has 0 aliphatic carbocycles. The maximum atomic E-state index is 11.5. The predicted molar refractivity (Wildman–Crippen MR) is 84.8 cm³/mol. The standard InChI is InChI=1S/C15H18N2O5S/c1-9(2)21-13(18)8-23-15-17-16-14(22-15)10-5-11(19-3)7-12(6-10)20-4/h5-7,9H,8H2,1-4H3. The number of carbonyl (C=O) groups is 1. The molecule has 2 aromatic rings.